The molecule has 0 amide bonds. The third-order valence-corrected chi connectivity index (χ3v) is 7.81. The summed E-state index contributed by atoms with van der Waals surface area (Å²) in [5, 5.41) is 4.35. The van der Waals surface area contributed by atoms with Crippen LogP contribution in [-0.4, -0.2) is 29.7 Å². The maximum Gasteiger partial charge on any atom is 0.191 e. The topological polar surface area (TPSA) is 39.9 Å². The van der Waals surface area contributed by atoms with Gasteiger partial charge in [-0.1, -0.05) is 20.8 Å². The summed E-state index contributed by atoms with van der Waals surface area (Å²) in [7, 11) is -1.57. The molecule has 0 bridgehead atoms. The van der Waals surface area contributed by atoms with Crippen LogP contribution in [0, 0.1) is 0 Å². The Labute approximate surface area is 99.2 Å². The lowest BCUT2D eigenvalue weighted by atomic mass is 10.2. The second kappa shape index (κ2) is 5.10. The van der Waals surface area contributed by atoms with Crippen molar-refractivity contribution in [3.8, 4) is 0 Å². The zero-order valence-corrected chi connectivity index (χ0v) is 12.0. The second-order valence-corrected chi connectivity index (χ2v) is 10.4. The quantitative estimate of drug-likeness (QED) is 0.588. The highest BCUT2D eigenvalue weighted by Gasteiger charge is 2.36. The van der Waals surface area contributed by atoms with Crippen molar-refractivity contribution in [1.29, 1.82) is 0 Å². The van der Waals surface area contributed by atoms with Gasteiger partial charge in [-0.15, -0.1) is 0 Å². The Bertz CT molecular complexity index is 304. The van der Waals surface area contributed by atoms with Crippen molar-refractivity contribution in [2.24, 2.45) is 0 Å². The molecule has 5 heteroatoms. The van der Waals surface area contributed by atoms with Crippen molar-refractivity contribution in [3.05, 3.63) is 12.7 Å². The summed E-state index contributed by atoms with van der Waals surface area (Å²) in [5.41, 5.74) is 0. The summed E-state index contributed by atoms with van der Waals surface area (Å²) in [6.07, 6.45) is 4.30. The van der Waals surface area contributed by atoms with Gasteiger partial charge in [0.25, 0.3) is 0 Å². The molecular formula is C11H23N3OSi. The third kappa shape index (κ3) is 3.72. The first-order valence-electron chi connectivity index (χ1n) is 5.79. The molecule has 0 saturated carbocycles. The summed E-state index contributed by atoms with van der Waals surface area (Å²) in [5.74, 6) is 0. The molecule has 0 aliphatic rings. The molecule has 92 valence electrons. The summed E-state index contributed by atoms with van der Waals surface area (Å²) in [6.45, 7) is 13.0. The number of aryl methyl sites for hydroxylation is 1. The Morgan fingerprint density at radius 2 is 2.00 bits per heavy atom. The fourth-order valence-corrected chi connectivity index (χ4v) is 2.21. The van der Waals surface area contributed by atoms with Crippen LogP contribution < -0.4 is 0 Å². The number of aromatic nitrogens is 3. The van der Waals surface area contributed by atoms with Crippen LogP contribution in [0.15, 0.2) is 12.7 Å². The van der Waals surface area contributed by atoms with E-state index >= 15 is 0 Å². The Balaban J connectivity index is 2.25. The van der Waals surface area contributed by atoms with E-state index in [0.717, 1.165) is 19.6 Å². The minimum absolute atomic E-state index is 0.292. The molecule has 4 nitrogen and oxygen atoms in total. The van der Waals surface area contributed by atoms with Gasteiger partial charge >= 0.3 is 0 Å². The number of rotatable bonds is 5. The second-order valence-electron chi connectivity index (χ2n) is 5.62. The van der Waals surface area contributed by atoms with Gasteiger partial charge in [0.1, 0.15) is 12.7 Å². The van der Waals surface area contributed by atoms with Crippen molar-refractivity contribution in [2.75, 3.05) is 6.61 Å². The zero-order chi connectivity index (χ0) is 12.2. The molecule has 1 rings (SSSR count). The monoisotopic (exact) mass is 241 g/mol. The van der Waals surface area contributed by atoms with Gasteiger partial charge in [-0.3, -0.25) is 4.68 Å². The van der Waals surface area contributed by atoms with Crippen LogP contribution in [-0.2, 0) is 11.0 Å². The molecule has 1 aromatic heterocycles. The maximum atomic E-state index is 6.07. The highest BCUT2D eigenvalue weighted by Crippen LogP contribution is 2.36. The van der Waals surface area contributed by atoms with Crippen molar-refractivity contribution < 1.29 is 4.43 Å². The third-order valence-electron chi connectivity index (χ3n) is 3.27. The van der Waals surface area contributed by atoms with Gasteiger partial charge in [0.15, 0.2) is 8.32 Å². The largest absolute Gasteiger partial charge is 0.417 e. The van der Waals surface area contributed by atoms with E-state index in [1.165, 1.54) is 0 Å². The molecule has 0 saturated heterocycles. The average molecular weight is 241 g/mol. The molecule has 0 aliphatic heterocycles. The lowest BCUT2D eigenvalue weighted by Crippen LogP contribution is -2.41. The average Bonchev–Trinajstić information content (AvgIpc) is 2.63. The van der Waals surface area contributed by atoms with Crippen LogP contribution in [0.3, 0.4) is 0 Å². The minimum atomic E-state index is -1.57. The first-order chi connectivity index (χ1) is 7.33. The molecular weight excluding hydrogens is 218 g/mol. The smallest absolute Gasteiger partial charge is 0.191 e. The Hall–Kier alpha value is -0.683. The molecule has 0 spiro atoms. The number of hydrogen-bond acceptors (Lipinski definition) is 3. The fourth-order valence-electron chi connectivity index (χ4n) is 1.12. The van der Waals surface area contributed by atoms with Crippen LogP contribution in [0.2, 0.25) is 18.1 Å². The normalized spacial score (nSPS) is 13.1. The first-order valence-corrected chi connectivity index (χ1v) is 8.70. The van der Waals surface area contributed by atoms with Crippen LogP contribution in [0.25, 0.3) is 0 Å². The fraction of sp³-hybridized carbons (Fsp3) is 0.818. The predicted octanol–water partition coefficient (Wildman–Crippen LogP) is 2.69. The van der Waals surface area contributed by atoms with Crippen molar-refractivity contribution in [3.63, 3.8) is 0 Å². The molecule has 0 radical (unpaired) electrons. The van der Waals surface area contributed by atoms with Gasteiger partial charge in [-0.05, 0) is 24.6 Å². The summed E-state index contributed by atoms with van der Waals surface area (Å²) in [6, 6.07) is 0. The molecule has 0 atom stereocenters. The first kappa shape index (κ1) is 13.4. The van der Waals surface area contributed by atoms with Gasteiger partial charge in [0.05, 0.1) is 0 Å². The van der Waals surface area contributed by atoms with Gasteiger partial charge in [0.2, 0.25) is 0 Å². The Kier molecular flexibility index (Phi) is 4.26. The highest BCUT2D eigenvalue weighted by atomic mass is 28.4. The number of nitrogens with zero attached hydrogens (tertiary/aromatic N) is 3. The van der Waals surface area contributed by atoms with Crippen molar-refractivity contribution in [2.45, 2.75) is 51.9 Å². The maximum absolute atomic E-state index is 6.07. The van der Waals surface area contributed by atoms with E-state index < -0.39 is 8.32 Å². The Morgan fingerprint density at radius 3 is 2.50 bits per heavy atom. The summed E-state index contributed by atoms with van der Waals surface area (Å²) < 4.78 is 7.91. The van der Waals surface area contributed by atoms with E-state index in [0.29, 0.717) is 5.04 Å². The summed E-state index contributed by atoms with van der Waals surface area (Å²) in [4.78, 5) is 3.91. The van der Waals surface area contributed by atoms with Gasteiger partial charge in [0, 0.05) is 13.2 Å². The highest BCUT2D eigenvalue weighted by molar-refractivity contribution is 6.74. The molecule has 0 fully saturated rings. The molecule has 1 heterocycles. The van der Waals surface area contributed by atoms with Gasteiger partial charge in [-0.2, -0.15) is 5.10 Å². The van der Waals surface area contributed by atoms with E-state index in [9.17, 15) is 0 Å². The lowest BCUT2D eigenvalue weighted by molar-refractivity contribution is 0.272. The molecule has 0 unspecified atom stereocenters. The van der Waals surface area contributed by atoms with Crippen molar-refractivity contribution >= 4 is 8.32 Å². The van der Waals surface area contributed by atoms with Crippen LogP contribution in [0.5, 0.6) is 0 Å². The van der Waals surface area contributed by atoms with Crippen LogP contribution in [0.4, 0.5) is 0 Å². The lowest BCUT2D eigenvalue weighted by Gasteiger charge is -2.36. The Morgan fingerprint density at radius 1 is 1.31 bits per heavy atom. The van der Waals surface area contributed by atoms with Crippen LogP contribution in [0.1, 0.15) is 27.2 Å². The predicted molar refractivity (Wildman–Crippen MR) is 67.8 cm³/mol. The molecule has 0 aliphatic carbocycles. The van der Waals surface area contributed by atoms with E-state index in [4.69, 9.17) is 4.43 Å². The van der Waals surface area contributed by atoms with Gasteiger partial charge in [-0.25, -0.2) is 4.98 Å². The van der Waals surface area contributed by atoms with E-state index in [2.05, 4.69) is 43.9 Å². The molecule has 0 aromatic carbocycles. The molecule has 1 aromatic rings. The SMILES string of the molecule is CC(C)(C)[Si](C)(C)OCCCn1cncn1. The number of hydrogen-bond donors (Lipinski definition) is 0. The van der Waals surface area contributed by atoms with Crippen LogP contribution >= 0.6 is 0 Å². The standard InChI is InChI=1S/C11H23N3OSi/c1-11(2,3)16(4,5)15-8-6-7-14-10-12-9-13-14/h9-10H,6-8H2,1-5H3. The van der Waals surface area contributed by atoms with Crippen molar-refractivity contribution in [1.82, 2.24) is 14.8 Å². The zero-order valence-electron chi connectivity index (χ0n) is 11.0. The molecule has 16 heavy (non-hydrogen) atoms. The minimum Gasteiger partial charge on any atom is -0.417 e. The van der Waals surface area contributed by atoms with E-state index in [-0.39, 0.29) is 0 Å². The summed E-state index contributed by atoms with van der Waals surface area (Å²) >= 11 is 0. The van der Waals surface area contributed by atoms with Gasteiger partial charge < -0.3 is 4.43 Å². The van der Waals surface area contributed by atoms with E-state index in [1.54, 1.807) is 12.7 Å². The molecule has 0 N–H and O–H groups in total. The van der Waals surface area contributed by atoms with E-state index in [1.807, 2.05) is 4.68 Å².